The Kier molecular flexibility index (Phi) is 9.48. The van der Waals surface area contributed by atoms with Gasteiger partial charge in [0, 0.05) is 5.02 Å². The minimum atomic E-state index is -4.73. The molecule has 2 atom stereocenters. The molecule has 0 aliphatic rings. The number of ether oxygens (including phenoxy) is 2. The first kappa shape index (κ1) is 21.2. The van der Waals surface area contributed by atoms with Crippen molar-refractivity contribution in [3.05, 3.63) is 28.2 Å². The van der Waals surface area contributed by atoms with Gasteiger partial charge in [-0.05, 0) is 24.6 Å². The van der Waals surface area contributed by atoms with Gasteiger partial charge in [-0.25, -0.2) is 4.79 Å². The summed E-state index contributed by atoms with van der Waals surface area (Å²) in [6.07, 6.45) is -0.0648. The Morgan fingerprint density at radius 1 is 1.48 bits per heavy atom. The molecule has 0 amide bonds. The van der Waals surface area contributed by atoms with E-state index >= 15 is 0 Å². The minimum Gasteiger partial charge on any atom is -0.776 e. The maximum Gasteiger partial charge on any atom is 1.00 e. The summed E-state index contributed by atoms with van der Waals surface area (Å²) in [5, 5.41) is 0.609. The summed E-state index contributed by atoms with van der Waals surface area (Å²) in [5.41, 5.74) is 0. The molecule has 1 N–H and O–H groups in total. The van der Waals surface area contributed by atoms with E-state index in [2.05, 4.69) is 4.74 Å². The summed E-state index contributed by atoms with van der Waals surface area (Å²) in [4.78, 5) is 31.1. The van der Waals surface area contributed by atoms with E-state index < -0.39 is 26.0 Å². The van der Waals surface area contributed by atoms with E-state index in [4.69, 9.17) is 32.8 Å². The van der Waals surface area contributed by atoms with Crippen LogP contribution in [0.25, 0.3) is 0 Å². The number of halogens is 2. The molecule has 0 saturated carbocycles. The van der Waals surface area contributed by atoms with Gasteiger partial charge in [0.15, 0.2) is 20.0 Å². The van der Waals surface area contributed by atoms with Gasteiger partial charge in [-0.15, -0.1) is 0 Å². The fourth-order valence-corrected chi connectivity index (χ4v) is 2.47. The van der Waals surface area contributed by atoms with E-state index in [0.29, 0.717) is 5.02 Å². The van der Waals surface area contributed by atoms with Gasteiger partial charge in [0.1, 0.15) is 5.75 Å². The smallest absolute Gasteiger partial charge is 0.776 e. The molecular formula is C11H12Cl2NaO6P. The molecule has 0 spiro atoms. The first-order valence-electron chi connectivity index (χ1n) is 5.55. The van der Waals surface area contributed by atoms with Crippen LogP contribution in [0.5, 0.6) is 5.75 Å². The van der Waals surface area contributed by atoms with E-state index in [1.165, 1.54) is 25.1 Å². The maximum atomic E-state index is 11.4. The molecule has 0 heterocycles. The monoisotopic (exact) mass is 364 g/mol. The van der Waals surface area contributed by atoms with Crippen LogP contribution in [0.2, 0.25) is 10.0 Å². The molecule has 10 heteroatoms. The molecule has 0 bridgehead atoms. The summed E-state index contributed by atoms with van der Waals surface area (Å²) >= 11 is 11.5. The topological polar surface area (TPSA) is 95.9 Å². The Hall–Kier alpha value is 0.220. The fraction of sp³-hybridized carbons (Fsp3) is 0.364. The maximum absolute atomic E-state index is 11.4. The summed E-state index contributed by atoms with van der Waals surface area (Å²) in [6, 6.07) is 4.40. The molecule has 1 rings (SSSR count). The van der Waals surface area contributed by atoms with Crippen molar-refractivity contribution in [1.29, 1.82) is 0 Å². The van der Waals surface area contributed by atoms with Gasteiger partial charge < -0.3 is 23.8 Å². The van der Waals surface area contributed by atoms with Crippen LogP contribution in [0, 0.1) is 0 Å². The number of hydrogen-bond acceptors (Lipinski definition) is 5. The van der Waals surface area contributed by atoms with E-state index in [1.807, 2.05) is 0 Å². The average molecular weight is 365 g/mol. The Morgan fingerprint density at radius 2 is 2.10 bits per heavy atom. The molecule has 0 saturated heterocycles. The molecule has 1 aromatic carbocycles. The van der Waals surface area contributed by atoms with Gasteiger partial charge in [-0.3, -0.25) is 0 Å². The third-order valence-electron chi connectivity index (χ3n) is 2.22. The summed E-state index contributed by atoms with van der Waals surface area (Å²) in [7, 11) is -4.73. The molecule has 6 nitrogen and oxygen atoms in total. The molecule has 0 aromatic heterocycles. The van der Waals surface area contributed by atoms with E-state index in [9.17, 15) is 14.3 Å². The number of carbonyl (C=O) groups excluding carboxylic acids is 1. The van der Waals surface area contributed by atoms with Crippen molar-refractivity contribution in [3.63, 3.8) is 0 Å². The van der Waals surface area contributed by atoms with Crippen molar-refractivity contribution in [1.82, 2.24) is 0 Å². The normalized spacial score (nSPS) is 14.5. The van der Waals surface area contributed by atoms with Gasteiger partial charge in [0.2, 0.25) is 0 Å². The Bertz CT molecular complexity index is 535. The largest absolute Gasteiger partial charge is 1.00 e. The van der Waals surface area contributed by atoms with Crippen LogP contribution in [0.15, 0.2) is 18.2 Å². The summed E-state index contributed by atoms with van der Waals surface area (Å²) in [5.74, 6) is -2.32. The number of esters is 1. The van der Waals surface area contributed by atoms with Gasteiger partial charge in [0.25, 0.3) is 0 Å². The molecule has 0 aliphatic heterocycles. The number of carbonyl (C=O) groups is 1. The van der Waals surface area contributed by atoms with Crippen molar-refractivity contribution in [2.45, 2.75) is 19.2 Å². The molecule has 0 fully saturated rings. The zero-order valence-electron chi connectivity index (χ0n) is 11.4. The average Bonchev–Trinajstić information content (AvgIpc) is 2.33. The Balaban J connectivity index is 0.00000400. The Morgan fingerprint density at radius 3 is 2.57 bits per heavy atom. The molecule has 2 unspecified atom stereocenters. The van der Waals surface area contributed by atoms with Crippen LogP contribution in [-0.2, 0) is 14.1 Å². The van der Waals surface area contributed by atoms with E-state index in [-0.39, 0.29) is 46.8 Å². The summed E-state index contributed by atoms with van der Waals surface area (Å²) in [6.45, 7) is 0.910. The SMILES string of the molecule is CCC(OC(=O)COc1ccc(Cl)cc1Cl)P(=O)([O-])O.[Na+]. The third-order valence-corrected chi connectivity index (χ3v) is 3.95. The standard InChI is InChI=1S/C11H13Cl2O6P.Na/c1-2-11(20(15,16)17)19-10(14)6-18-9-4-3-7(12)5-8(9)13;/h3-5,11H,2,6H2,1H3,(H2,15,16,17);/q;+1/p-1. The zero-order chi connectivity index (χ0) is 15.3. The zero-order valence-corrected chi connectivity index (χ0v) is 15.8. The fourth-order valence-electron chi connectivity index (χ4n) is 1.30. The van der Waals surface area contributed by atoms with Crippen LogP contribution in [0.1, 0.15) is 13.3 Å². The van der Waals surface area contributed by atoms with Crippen molar-refractivity contribution < 1.29 is 58.2 Å². The van der Waals surface area contributed by atoms with Gasteiger partial charge in [-0.2, -0.15) is 0 Å². The quantitative estimate of drug-likeness (QED) is 0.403. The van der Waals surface area contributed by atoms with Gasteiger partial charge in [0.05, 0.1) is 5.02 Å². The van der Waals surface area contributed by atoms with Crippen LogP contribution in [-0.4, -0.2) is 23.3 Å². The molecule has 1 aromatic rings. The number of benzene rings is 1. The first-order valence-corrected chi connectivity index (χ1v) is 7.95. The number of hydrogen-bond donors (Lipinski definition) is 1. The molecular weight excluding hydrogens is 353 g/mol. The second-order valence-corrected chi connectivity index (χ2v) is 6.33. The molecule has 21 heavy (non-hydrogen) atoms. The second-order valence-electron chi connectivity index (χ2n) is 3.78. The molecule has 0 radical (unpaired) electrons. The minimum absolute atomic E-state index is 0. The summed E-state index contributed by atoms with van der Waals surface area (Å²) < 4.78 is 20.6. The predicted octanol–water partition coefficient (Wildman–Crippen LogP) is -0.799. The van der Waals surface area contributed by atoms with Crippen molar-refractivity contribution in [2.24, 2.45) is 0 Å². The predicted molar refractivity (Wildman–Crippen MR) is 72.0 cm³/mol. The molecule has 0 aliphatic carbocycles. The van der Waals surface area contributed by atoms with Gasteiger partial charge in [-0.1, -0.05) is 30.1 Å². The van der Waals surface area contributed by atoms with Crippen molar-refractivity contribution >= 4 is 36.8 Å². The van der Waals surface area contributed by atoms with Crippen LogP contribution < -0.4 is 39.2 Å². The van der Waals surface area contributed by atoms with Crippen LogP contribution in [0.4, 0.5) is 0 Å². The van der Waals surface area contributed by atoms with E-state index in [1.54, 1.807) is 0 Å². The van der Waals surface area contributed by atoms with E-state index in [0.717, 1.165) is 0 Å². The number of rotatable bonds is 6. The second kappa shape index (κ2) is 9.38. The van der Waals surface area contributed by atoms with Gasteiger partial charge >= 0.3 is 35.5 Å². The Labute approximate surface area is 154 Å². The van der Waals surface area contributed by atoms with Crippen LogP contribution in [0.3, 0.4) is 0 Å². The van der Waals surface area contributed by atoms with Crippen molar-refractivity contribution in [2.75, 3.05) is 6.61 Å². The van der Waals surface area contributed by atoms with Crippen LogP contribution >= 0.6 is 30.8 Å². The first-order chi connectivity index (χ1) is 9.24. The third kappa shape index (κ3) is 7.35. The van der Waals surface area contributed by atoms with Crippen molar-refractivity contribution in [3.8, 4) is 5.75 Å². The molecule has 112 valence electrons.